The standard InChI is InChI=1S/C18H17ClFN5O3/c19-18-22-15(24-5-9-3-1-2-4-10(9)6-24)13-16(23-18)25(8-21-13)17-12(20)14(27)11(7-26)28-17/h1-4,8,11-12,14,17,26-27H,5-7H2/t11-,12+,14-,17-/m1/s1. The van der Waals surface area contributed by atoms with Gasteiger partial charge in [-0.1, -0.05) is 24.3 Å². The molecule has 2 aliphatic heterocycles. The Morgan fingerprint density at radius 1 is 1.21 bits per heavy atom. The number of anilines is 1. The van der Waals surface area contributed by atoms with Gasteiger partial charge in [-0.05, 0) is 22.7 Å². The number of aliphatic hydroxyl groups is 2. The fourth-order valence-electron chi connectivity index (χ4n) is 3.84. The second kappa shape index (κ2) is 6.63. The molecule has 4 atom stereocenters. The number of aliphatic hydroxyl groups excluding tert-OH is 2. The third-order valence-electron chi connectivity index (χ3n) is 5.26. The van der Waals surface area contributed by atoms with Crippen molar-refractivity contribution in [2.45, 2.75) is 37.7 Å². The van der Waals surface area contributed by atoms with Crippen LogP contribution in [-0.4, -0.2) is 54.7 Å². The van der Waals surface area contributed by atoms with Gasteiger partial charge in [-0.15, -0.1) is 0 Å². The van der Waals surface area contributed by atoms with E-state index < -0.39 is 31.2 Å². The van der Waals surface area contributed by atoms with Crippen LogP contribution in [0, 0.1) is 0 Å². The molecule has 4 heterocycles. The normalized spacial score (nSPS) is 26.9. The Morgan fingerprint density at radius 2 is 1.93 bits per heavy atom. The Morgan fingerprint density at radius 3 is 2.57 bits per heavy atom. The Bertz CT molecular complexity index is 1020. The fourth-order valence-corrected chi connectivity index (χ4v) is 4.00. The molecule has 2 N–H and O–H groups in total. The van der Waals surface area contributed by atoms with Gasteiger partial charge in [0, 0.05) is 13.1 Å². The molecule has 1 saturated heterocycles. The summed E-state index contributed by atoms with van der Waals surface area (Å²) >= 11 is 6.16. The maximum absolute atomic E-state index is 14.6. The summed E-state index contributed by atoms with van der Waals surface area (Å²) in [6.45, 7) is 0.822. The number of hydrogen-bond acceptors (Lipinski definition) is 7. The molecule has 1 fully saturated rings. The van der Waals surface area contributed by atoms with Gasteiger partial charge in [-0.3, -0.25) is 4.57 Å². The largest absolute Gasteiger partial charge is 0.394 e. The number of benzene rings is 1. The minimum atomic E-state index is -1.73. The average Bonchev–Trinajstić information content (AvgIpc) is 3.38. The summed E-state index contributed by atoms with van der Waals surface area (Å²) in [4.78, 5) is 15.0. The van der Waals surface area contributed by atoms with E-state index in [0.29, 0.717) is 30.1 Å². The highest BCUT2D eigenvalue weighted by molar-refractivity contribution is 6.28. The molecule has 0 spiro atoms. The Labute approximate surface area is 164 Å². The van der Waals surface area contributed by atoms with E-state index >= 15 is 0 Å². The van der Waals surface area contributed by atoms with Gasteiger partial charge in [-0.2, -0.15) is 9.97 Å². The van der Waals surface area contributed by atoms with Crippen LogP contribution in [0.4, 0.5) is 10.2 Å². The smallest absolute Gasteiger partial charge is 0.226 e. The molecule has 2 aromatic heterocycles. The van der Waals surface area contributed by atoms with Crippen LogP contribution < -0.4 is 4.90 Å². The molecule has 1 aromatic carbocycles. The van der Waals surface area contributed by atoms with Crippen LogP contribution in [0.5, 0.6) is 0 Å². The van der Waals surface area contributed by atoms with Crippen LogP contribution in [0.3, 0.4) is 0 Å². The van der Waals surface area contributed by atoms with E-state index in [1.54, 1.807) is 0 Å². The van der Waals surface area contributed by atoms with Gasteiger partial charge in [0.05, 0.1) is 12.9 Å². The molecule has 0 amide bonds. The molecule has 28 heavy (non-hydrogen) atoms. The van der Waals surface area contributed by atoms with E-state index in [1.165, 1.54) is 22.0 Å². The maximum Gasteiger partial charge on any atom is 0.226 e. The highest BCUT2D eigenvalue weighted by atomic mass is 35.5. The first-order chi connectivity index (χ1) is 13.6. The van der Waals surface area contributed by atoms with Crippen molar-refractivity contribution in [1.82, 2.24) is 19.5 Å². The number of aromatic nitrogens is 4. The molecule has 146 valence electrons. The molecule has 2 aliphatic rings. The lowest BCUT2D eigenvalue weighted by Gasteiger charge is -2.18. The predicted octanol–water partition coefficient (Wildman–Crippen LogP) is 1.59. The summed E-state index contributed by atoms with van der Waals surface area (Å²) in [6, 6.07) is 8.09. The molecule has 8 nitrogen and oxygen atoms in total. The molecule has 0 bridgehead atoms. The van der Waals surface area contributed by atoms with Crippen LogP contribution in [0.15, 0.2) is 30.6 Å². The lowest BCUT2D eigenvalue weighted by Crippen LogP contribution is -2.30. The van der Waals surface area contributed by atoms with Gasteiger partial charge >= 0.3 is 0 Å². The first-order valence-electron chi connectivity index (χ1n) is 8.87. The zero-order chi connectivity index (χ0) is 19.4. The number of halogens is 2. The second-order valence-corrected chi connectivity index (χ2v) is 7.29. The third-order valence-corrected chi connectivity index (χ3v) is 5.43. The summed E-state index contributed by atoms with van der Waals surface area (Å²) in [7, 11) is 0. The second-order valence-electron chi connectivity index (χ2n) is 6.95. The first kappa shape index (κ1) is 17.7. The number of nitrogens with zero attached hydrogens (tertiary/aromatic N) is 5. The van der Waals surface area contributed by atoms with Crippen molar-refractivity contribution in [2.24, 2.45) is 0 Å². The summed E-state index contributed by atoms with van der Waals surface area (Å²) < 4.78 is 21.4. The van der Waals surface area contributed by atoms with Gasteiger partial charge in [0.25, 0.3) is 0 Å². The summed E-state index contributed by atoms with van der Waals surface area (Å²) in [5.74, 6) is 0.553. The molecule has 0 unspecified atom stereocenters. The van der Waals surface area contributed by atoms with E-state index in [2.05, 4.69) is 27.1 Å². The van der Waals surface area contributed by atoms with E-state index in [-0.39, 0.29) is 5.28 Å². The zero-order valence-corrected chi connectivity index (χ0v) is 15.4. The van der Waals surface area contributed by atoms with Crippen molar-refractivity contribution >= 4 is 28.6 Å². The number of rotatable bonds is 3. The van der Waals surface area contributed by atoms with Gasteiger partial charge in [-0.25, -0.2) is 9.37 Å². The molecular formula is C18H17ClFN5O3. The summed E-state index contributed by atoms with van der Waals surface area (Å²) in [5, 5.41) is 19.2. The van der Waals surface area contributed by atoms with Gasteiger partial charge < -0.3 is 19.8 Å². The van der Waals surface area contributed by atoms with Crippen LogP contribution in [0.2, 0.25) is 5.28 Å². The van der Waals surface area contributed by atoms with Crippen LogP contribution in [0.1, 0.15) is 17.4 Å². The van der Waals surface area contributed by atoms with Crippen molar-refractivity contribution in [2.75, 3.05) is 11.5 Å². The number of imidazole rings is 1. The van der Waals surface area contributed by atoms with E-state index in [9.17, 15) is 14.6 Å². The topological polar surface area (TPSA) is 96.5 Å². The summed E-state index contributed by atoms with van der Waals surface area (Å²) in [6.07, 6.45) is -3.94. The predicted molar refractivity (Wildman–Crippen MR) is 98.6 cm³/mol. The van der Waals surface area contributed by atoms with Crippen LogP contribution in [0.25, 0.3) is 11.2 Å². The number of hydrogen-bond donors (Lipinski definition) is 2. The molecular weight excluding hydrogens is 389 g/mol. The third kappa shape index (κ3) is 2.66. The van der Waals surface area contributed by atoms with Crippen molar-refractivity contribution < 1.29 is 19.3 Å². The van der Waals surface area contributed by atoms with Gasteiger partial charge in [0.15, 0.2) is 29.4 Å². The lowest BCUT2D eigenvalue weighted by molar-refractivity contribution is -0.0459. The van der Waals surface area contributed by atoms with Crippen LogP contribution in [-0.2, 0) is 17.8 Å². The lowest BCUT2D eigenvalue weighted by atomic mass is 10.1. The maximum atomic E-state index is 14.6. The molecule has 0 aliphatic carbocycles. The monoisotopic (exact) mass is 405 g/mol. The molecule has 3 aromatic rings. The SMILES string of the molecule is OC[C@H]1O[C@@H](n2cnc3c(N4Cc5ccccc5C4)nc(Cl)nc32)[C@@H](F)[C@@H]1O. The van der Waals surface area contributed by atoms with Crippen molar-refractivity contribution in [1.29, 1.82) is 0 Å². The number of alkyl halides is 1. The Kier molecular flexibility index (Phi) is 4.20. The number of fused-ring (bicyclic) bond motifs is 2. The first-order valence-corrected chi connectivity index (χ1v) is 9.25. The van der Waals surface area contributed by atoms with Crippen molar-refractivity contribution in [3.8, 4) is 0 Å². The minimum absolute atomic E-state index is 0.00729. The zero-order valence-electron chi connectivity index (χ0n) is 14.6. The van der Waals surface area contributed by atoms with E-state index in [4.69, 9.17) is 16.3 Å². The Balaban J connectivity index is 1.55. The fraction of sp³-hybridized carbons (Fsp3) is 0.389. The minimum Gasteiger partial charge on any atom is -0.394 e. The quantitative estimate of drug-likeness (QED) is 0.639. The van der Waals surface area contributed by atoms with E-state index in [1.807, 2.05) is 17.0 Å². The van der Waals surface area contributed by atoms with Crippen LogP contribution >= 0.6 is 11.6 Å². The van der Waals surface area contributed by atoms with Gasteiger partial charge in [0.2, 0.25) is 5.28 Å². The molecule has 0 saturated carbocycles. The molecule has 0 radical (unpaired) electrons. The summed E-state index contributed by atoms with van der Waals surface area (Å²) in [5.41, 5.74) is 3.17. The number of ether oxygens (including phenoxy) is 1. The highest BCUT2D eigenvalue weighted by Crippen LogP contribution is 2.36. The van der Waals surface area contributed by atoms with Crippen molar-refractivity contribution in [3.63, 3.8) is 0 Å². The Hall–Kier alpha value is -2.33. The van der Waals surface area contributed by atoms with E-state index in [0.717, 1.165) is 0 Å². The highest BCUT2D eigenvalue weighted by Gasteiger charge is 2.45. The molecule has 5 rings (SSSR count). The van der Waals surface area contributed by atoms with Gasteiger partial charge in [0.1, 0.15) is 12.2 Å². The molecule has 10 heteroatoms. The average molecular weight is 406 g/mol. The van der Waals surface area contributed by atoms with Crippen molar-refractivity contribution in [3.05, 3.63) is 47.0 Å².